The Hall–Kier alpha value is -1.35. The highest BCUT2D eigenvalue weighted by molar-refractivity contribution is 6.02. The summed E-state index contributed by atoms with van der Waals surface area (Å²) in [7, 11) is 0. The lowest BCUT2D eigenvalue weighted by molar-refractivity contribution is 0.0913. The number of nitrogens with two attached hydrogens (primary N) is 1. The molecule has 0 bridgehead atoms. The highest BCUT2D eigenvalue weighted by Crippen LogP contribution is 2.26. The number of ketones is 1. The maximum atomic E-state index is 11.9. The predicted molar refractivity (Wildman–Crippen MR) is 58.2 cm³/mol. The van der Waals surface area contributed by atoms with Crippen molar-refractivity contribution in [2.75, 3.05) is 6.61 Å². The lowest BCUT2D eigenvalue weighted by Crippen LogP contribution is -2.41. The number of carbonyl (C=O) groups is 1. The van der Waals surface area contributed by atoms with E-state index >= 15 is 0 Å². The van der Waals surface area contributed by atoms with E-state index in [0.29, 0.717) is 12.2 Å². The summed E-state index contributed by atoms with van der Waals surface area (Å²) in [6.45, 7) is 4.15. The minimum atomic E-state index is -0.812. The third kappa shape index (κ3) is 1.88. The van der Waals surface area contributed by atoms with Crippen molar-refractivity contribution in [1.82, 2.24) is 0 Å². The van der Waals surface area contributed by atoms with E-state index in [1.807, 2.05) is 12.1 Å². The van der Waals surface area contributed by atoms with E-state index in [4.69, 9.17) is 10.5 Å². The van der Waals surface area contributed by atoms with Crippen molar-refractivity contribution < 1.29 is 9.53 Å². The molecule has 1 aliphatic rings. The number of carbonyl (C=O) groups excluding carboxylic acids is 1. The van der Waals surface area contributed by atoms with Gasteiger partial charge in [-0.25, -0.2) is 0 Å². The molecule has 0 spiro atoms. The van der Waals surface area contributed by atoms with Gasteiger partial charge >= 0.3 is 0 Å². The summed E-state index contributed by atoms with van der Waals surface area (Å²) in [6.07, 6.45) is 0.876. The molecule has 15 heavy (non-hydrogen) atoms. The van der Waals surface area contributed by atoms with Crippen molar-refractivity contribution in [3.05, 3.63) is 29.3 Å². The molecule has 1 aromatic carbocycles. The van der Waals surface area contributed by atoms with Gasteiger partial charge in [0.05, 0.1) is 12.1 Å². The van der Waals surface area contributed by atoms with Crippen LogP contribution in [0.15, 0.2) is 18.2 Å². The Kier molecular flexibility index (Phi) is 2.27. The smallest absolute Gasteiger partial charge is 0.182 e. The molecule has 0 amide bonds. The summed E-state index contributed by atoms with van der Waals surface area (Å²) in [5, 5.41) is 0. The first kappa shape index (κ1) is 10.2. The topological polar surface area (TPSA) is 52.3 Å². The van der Waals surface area contributed by atoms with Crippen LogP contribution in [0.1, 0.15) is 29.8 Å². The number of rotatable bonds is 2. The molecule has 0 aliphatic carbocycles. The standard InChI is InChI=1S/C12H15NO2/c1-12(2,13)11(14)9-3-4-10-8(7-9)5-6-15-10/h3-4,7H,5-6,13H2,1-2H3. The van der Waals surface area contributed by atoms with Crippen molar-refractivity contribution in [2.45, 2.75) is 25.8 Å². The molecular formula is C12H15NO2. The third-order valence-corrected chi connectivity index (χ3v) is 2.54. The van der Waals surface area contributed by atoms with Gasteiger partial charge in [0.2, 0.25) is 0 Å². The van der Waals surface area contributed by atoms with E-state index in [1.54, 1.807) is 19.9 Å². The quantitative estimate of drug-likeness (QED) is 0.745. The lowest BCUT2D eigenvalue weighted by Gasteiger charge is -2.17. The molecule has 0 atom stereocenters. The lowest BCUT2D eigenvalue weighted by atomic mass is 9.93. The molecule has 3 heteroatoms. The Morgan fingerprint density at radius 3 is 2.87 bits per heavy atom. The Balaban J connectivity index is 2.35. The maximum absolute atomic E-state index is 11.9. The molecule has 1 aliphatic heterocycles. The maximum Gasteiger partial charge on any atom is 0.182 e. The fraction of sp³-hybridized carbons (Fsp3) is 0.417. The van der Waals surface area contributed by atoms with Gasteiger partial charge in [0.1, 0.15) is 5.75 Å². The van der Waals surface area contributed by atoms with Gasteiger partial charge in [-0.15, -0.1) is 0 Å². The minimum absolute atomic E-state index is 0.0304. The highest BCUT2D eigenvalue weighted by Gasteiger charge is 2.24. The molecule has 80 valence electrons. The Bertz CT molecular complexity index is 405. The minimum Gasteiger partial charge on any atom is -0.493 e. The molecule has 2 N–H and O–H groups in total. The number of hydrogen-bond acceptors (Lipinski definition) is 3. The molecule has 1 heterocycles. The molecular weight excluding hydrogens is 190 g/mol. The fourth-order valence-electron chi connectivity index (χ4n) is 1.70. The monoisotopic (exact) mass is 205 g/mol. The van der Waals surface area contributed by atoms with Gasteiger partial charge in [-0.3, -0.25) is 4.79 Å². The van der Waals surface area contributed by atoms with Crippen molar-refractivity contribution in [2.24, 2.45) is 5.73 Å². The molecule has 1 aromatic rings. The Morgan fingerprint density at radius 1 is 1.47 bits per heavy atom. The van der Waals surface area contributed by atoms with Crippen molar-refractivity contribution in [3.8, 4) is 5.75 Å². The number of Topliss-reactive ketones (excluding diaryl/α,β-unsaturated/α-hetero) is 1. The zero-order chi connectivity index (χ0) is 11.1. The Labute approximate surface area is 89.2 Å². The molecule has 2 rings (SSSR count). The number of fused-ring (bicyclic) bond motifs is 1. The first-order valence-corrected chi connectivity index (χ1v) is 5.08. The molecule has 3 nitrogen and oxygen atoms in total. The number of ether oxygens (including phenoxy) is 1. The van der Waals surface area contributed by atoms with E-state index in [9.17, 15) is 4.79 Å². The number of benzene rings is 1. The first-order chi connectivity index (χ1) is 6.98. The highest BCUT2D eigenvalue weighted by atomic mass is 16.5. The van der Waals surface area contributed by atoms with Gasteiger partial charge in [-0.1, -0.05) is 0 Å². The van der Waals surface area contributed by atoms with Crippen LogP contribution >= 0.6 is 0 Å². The van der Waals surface area contributed by atoms with Crippen molar-refractivity contribution >= 4 is 5.78 Å². The third-order valence-electron chi connectivity index (χ3n) is 2.54. The van der Waals surface area contributed by atoms with Crippen LogP contribution in [0.5, 0.6) is 5.75 Å². The van der Waals surface area contributed by atoms with Crippen LogP contribution in [-0.4, -0.2) is 17.9 Å². The first-order valence-electron chi connectivity index (χ1n) is 5.08. The van der Waals surface area contributed by atoms with Crippen molar-refractivity contribution in [3.63, 3.8) is 0 Å². The van der Waals surface area contributed by atoms with Gasteiger partial charge in [-0.2, -0.15) is 0 Å². The summed E-state index contributed by atoms with van der Waals surface area (Å²) >= 11 is 0. The van der Waals surface area contributed by atoms with E-state index in [0.717, 1.165) is 17.7 Å². The zero-order valence-corrected chi connectivity index (χ0v) is 9.04. The summed E-state index contributed by atoms with van der Waals surface area (Å²) in [5.74, 6) is 0.860. The molecule has 0 radical (unpaired) electrons. The normalized spacial score (nSPS) is 14.6. The van der Waals surface area contributed by atoms with Gasteiger partial charge in [0.15, 0.2) is 5.78 Å². The molecule has 0 aromatic heterocycles. The largest absolute Gasteiger partial charge is 0.493 e. The summed E-state index contributed by atoms with van der Waals surface area (Å²) < 4.78 is 5.38. The van der Waals surface area contributed by atoms with Crippen LogP contribution in [0.2, 0.25) is 0 Å². The molecule has 0 saturated heterocycles. The van der Waals surface area contributed by atoms with Gasteiger partial charge < -0.3 is 10.5 Å². The summed E-state index contributed by atoms with van der Waals surface area (Å²) in [5.41, 5.74) is 6.74. The molecule has 0 unspecified atom stereocenters. The van der Waals surface area contributed by atoms with E-state index in [2.05, 4.69) is 0 Å². The second-order valence-corrected chi connectivity index (χ2v) is 4.47. The average molecular weight is 205 g/mol. The van der Waals surface area contributed by atoms with Crippen LogP contribution in [-0.2, 0) is 6.42 Å². The van der Waals surface area contributed by atoms with Gasteiger partial charge in [0, 0.05) is 12.0 Å². The SMILES string of the molecule is CC(C)(N)C(=O)c1ccc2c(c1)CCO2. The predicted octanol–water partition coefficient (Wildman–Crippen LogP) is 1.54. The molecule has 0 saturated carbocycles. The Morgan fingerprint density at radius 2 is 2.20 bits per heavy atom. The van der Waals surface area contributed by atoms with Crippen molar-refractivity contribution in [1.29, 1.82) is 0 Å². The van der Waals surface area contributed by atoms with Gasteiger partial charge in [0.25, 0.3) is 0 Å². The second-order valence-electron chi connectivity index (χ2n) is 4.47. The van der Waals surface area contributed by atoms with E-state index < -0.39 is 5.54 Å². The zero-order valence-electron chi connectivity index (χ0n) is 9.04. The van der Waals surface area contributed by atoms with Gasteiger partial charge in [-0.05, 0) is 37.6 Å². The average Bonchev–Trinajstić information content (AvgIpc) is 2.61. The number of hydrogen-bond donors (Lipinski definition) is 1. The van der Waals surface area contributed by atoms with E-state index in [-0.39, 0.29) is 5.78 Å². The van der Waals surface area contributed by atoms with Crippen LogP contribution in [0, 0.1) is 0 Å². The fourth-order valence-corrected chi connectivity index (χ4v) is 1.70. The summed E-state index contributed by atoms with van der Waals surface area (Å²) in [6, 6.07) is 5.52. The van der Waals surface area contributed by atoms with Crippen LogP contribution in [0.4, 0.5) is 0 Å². The second kappa shape index (κ2) is 3.35. The molecule has 0 fully saturated rings. The van der Waals surface area contributed by atoms with E-state index in [1.165, 1.54) is 0 Å². The van der Waals surface area contributed by atoms with Crippen LogP contribution in [0.25, 0.3) is 0 Å². The van der Waals surface area contributed by atoms with Crippen LogP contribution in [0.3, 0.4) is 0 Å². The summed E-state index contributed by atoms with van der Waals surface area (Å²) in [4.78, 5) is 11.9. The van der Waals surface area contributed by atoms with Crippen LogP contribution < -0.4 is 10.5 Å².